The SMILES string of the molecule is CC1CNCC1C(=O)C1=CCCCC1. The summed E-state index contributed by atoms with van der Waals surface area (Å²) in [6.45, 7) is 4.06. The molecule has 1 aliphatic carbocycles. The van der Waals surface area contributed by atoms with E-state index in [-0.39, 0.29) is 5.92 Å². The van der Waals surface area contributed by atoms with Gasteiger partial charge in [-0.05, 0) is 43.7 Å². The van der Waals surface area contributed by atoms with Crippen LogP contribution in [-0.2, 0) is 4.79 Å². The maximum atomic E-state index is 12.1. The van der Waals surface area contributed by atoms with E-state index in [9.17, 15) is 4.79 Å². The third kappa shape index (κ3) is 1.90. The summed E-state index contributed by atoms with van der Waals surface area (Å²) in [6, 6.07) is 0. The van der Waals surface area contributed by atoms with E-state index in [0.717, 1.165) is 31.5 Å². The van der Waals surface area contributed by atoms with Crippen molar-refractivity contribution in [3.63, 3.8) is 0 Å². The second kappa shape index (κ2) is 4.26. The Labute approximate surface area is 85.8 Å². The van der Waals surface area contributed by atoms with Crippen molar-refractivity contribution in [2.24, 2.45) is 11.8 Å². The molecule has 0 saturated carbocycles. The molecule has 0 bridgehead atoms. The quantitative estimate of drug-likeness (QED) is 0.726. The minimum atomic E-state index is 0.249. The van der Waals surface area contributed by atoms with Crippen LogP contribution in [0.4, 0.5) is 0 Å². The summed E-state index contributed by atoms with van der Waals surface area (Å²) in [5.74, 6) is 1.19. The molecule has 2 heteroatoms. The monoisotopic (exact) mass is 193 g/mol. The van der Waals surface area contributed by atoms with Crippen LogP contribution in [0.25, 0.3) is 0 Å². The first-order chi connectivity index (χ1) is 6.79. The standard InChI is InChI=1S/C12H19NO/c1-9-7-13-8-11(9)12(14)10-5-3-2-4-6-10/h5,9,11,13H,2-4,6-8H2,1H3. The third-order valence-electron chi connectivity index (χ3n) is 3.46. The van der Waals surface area contributed by atoms with Crippen molar-refractivity contribution in [2.45, 2.75) is 32.6 Å². The van der Waals surface area contributed by atoms with Gasteiger partial charge in [-0.15, -0.1) is 0 Å². The summed E-state index contributed by atoms with van der Waals surface area (Å²) in [7, 11) is 0. The summed E-state index contributed by atoms with van der Waals surface area (Å²) in [6.07, 6.45) is 6.75. The molecule has 0 radical (unpaired) electrons. The predicted molar refractivity (Wildman–Crippen MR) is 57.1 cm³/mol. The van der Waals surface area contributed by atoms with E-state index in [4.69, 9.17) is 0 Å². The summed E-state index contributed by atoms with van der Waals surface area (Å²) >= 11 is 0. The zero-order valence-corrected chi connectivity index (χ0v) is 8.88. The highest BCUT2D eigenvalue weighted by atomic mass is 16.1. The first-order valence-electron chi connectivity index (χ1n) is 5.73. The summed E-state index contributed by atoms with van der Waals surface area (Å²) in [5, 5.41) is 3.29. The van der Waals surface area contributed by atoms with Crippen LogP contribution >= 0.6 is 0 Å². The van der Waals surface area contributed by atoms with Crippen molar-refractivity contribution in [1.82, 2.24) is 5.32 Å². The zero-order chi connectivity index (χ0) is 9.97. The number of ketones is 1. The lowest BCUT2D eigenvalue weighted by atomic mass is 9.85. The molecule has 0 aromatic heterocycles. The molecule has 1 heterocycles. The highest BCUT2D eigenvalue weighted by Gasteiger charge is 2.31. The van der Waals surface area contributed by atoms with Crippen LogP contribution in [0, 0.1) is 11.8 Å². The van der Waals surface area contributed by atoms with Gasteiger partial charge in [0.25, 0.3) is 0 Å². The van der Waals surface area contributed by atoms with Gasteiger partial charge in [0.05, 0.1) is 0 Å². The molecule has 1 saturated heterocycles. The minimum absolute atomic E-state index is 0.249. The normalized spacial score (nSPS) is 32.8. The van der Waals surface area contributed by atoms with Gasteiger partial charge in [-0.25, -0.2) is 0 Å². The fourth-order valence-corrected chi connectivity index (χ4v) is 2.46. The first kappa shape index (κ1) is 9.91. The van der Waals surface area contributed by atoms with E-state index in [1.807, 2.05) is 0 Å². The Balaban J connectivity index is 2.03. The van der Waals surface area contributed by atoms with E-state index in [1.54, 1.807) is 0 Å². The molecule has 2 rings (SSSR count). The van der Waals surface area contributed by atoms with E-state index < -0.39 is 0 Å². The lowest BCUT2D eigenvalue weighted by Crippen LogP contribution is -2.23. The predicted octanol–water partition coefficient (Wildman–Crippen LogP) is 1.91. The van der Waals surface area contributed by atoms with Gasteiger partial charge in [-0.2, -0.15) is 0 Å². The molecular formula is C12H19NO. The second-order valence-corrected chi connectivity index (χ2v) is 4.58. The Kier molecular flexibility index (Phi) is 3.02. The van der Waals surface area contributed by atoms with E-state index >= 15 is 0 Å². The van der Waals surface area contributed by atoms with Crippen LogP contribution in [0.1, 0.15) is 32.6 Å². The highest BCUT2D eigenvalue weighted by Crippen LogP contribution is 2.25. The van der Waals surface area contributed by atoms with Gasteiger partial charge >= 0.3 is 0 Å². The molecule has 2 unspecified atom stereocenters. The van der Waals surface area contributed by atoms with E-state index in [0.29, 0.717) is 11.7 Å². The van der Waals surface area contributed by atoms with Gasteiger partial charge in [0, 0.05) is 12.5 Å². The van der Waals surface area contributed by atoms with Gasteiger partial charge in [0.15, 0.2) is 5.78 Å². The molecule has 0 aromatic rings. The third-order valence-corrected chi connectivity index (χ3v) is 3.46. The smallest absolute Gasteiger partial charge is 0.163 e. The van der Waals surface area contributed by atoms with Gasteiger partial charge < -0.3 is 5.32 Å². The molecule has 78 valence electrons. The molecule has 1 N–H and O–H groups in total. The summed E-state index contributed by atoms with van der Waals surface area (Å²) in [5.41, 5.74) is 1.11. The van der Waals surface area contributed by atoms with Crippen molar-refractivity contribution in [2.75, 3.05) is 13.1 Å². The fourth-order valence-electron chi connectivity index (χ4n) is 2.46. The average Bonchev–Trinajstić information content (AvgIpc) is 2.65. The van der Waals surface area contributed by atoms with Gasteiger partial charge in [0.1, 0.15) is 0 Å². The topological polar surface area (TPSA) is 29.1 Å². The van der Waals surface area contributed by atoms with Crippen LogP contribution in [0.5, 0.6) is 0 Å². The van der Waals surface area contributed by atoms with Crippen LogP contribution in [0.2, 0.25) is 0 Å². The number of Topliss-reactive ketones (excluding diaryl/α,β-unsaturated/α-hetero) is 1. The number of allylic oxidation sites excluding steroid dienone is 2. The summed E-state index contributed by atoms with van der Waals surface area (Å²) < 4.78 is 0. The van der Waals surface area contributed by atoms with Crippen molar-refractivity contribution in [3.05, 3.63) is 11.6 Å². The average molecular weight is 193 g/mol. The Morgan fingerprint density at radius 2 is 2.29 bits per heavy atom. The molecule has 1 fully saturated rings. The van der Waals surface area contributed by atoms with Crippen molar-refractivity contribution in [3.8, 4) is 0 Å². The van der Waals surface area contributed by atoms with Crippen LogP contribution in [0.15, 0.2) is 11.6 Å². The van der Waals surface area contributed by atoms with Gasteiger partial charge in [-0.3, -0.25) is 4.79 Å². The van der Waals surface area contributed by atoms with Gasteiger partial charge in [-0.1, -0.05) is 13.0 Å². The maximum Gasteiger partial charge on any atom is 0.163 e. The molecule has 2 nitrogen and oxygen atoms in total. The number of rotatable bonds is 2. The Morgan fingerprint density at radius 1 is 1.43 bits per heavy atom. The Morgan fingerprint density at radius 3 is 2.86 bits per heavy atom. The number of carbonyl (C=O) groups is 1. The fraction of sp³-hybridized carbons (Fsp3) is 0.750. The largest absolute Gasteiger partial charge is 0.316 e. The lowest BCUT2D eigenvalue weighted by molar-refractivity contribution is -0.119. The first-order valence-corrected chi connectivity index (χ1v) is 5.73. The Hall–Kier alpha value is -0.630. The maximum absolute atomic E-state index is 12.1. The number of carbonyl (C=O) groups excluding carboxylic acids is 1. The molecule has 2 aliphatic rings. The molecule has 0 spiro atoms. The minimum Gasteiger partial charge on any atom is -0.316 e. The molecule has 1 aliphatic heterocycles. The highest BCUT2D eigenvalue weighted by molar-refractivity contribution is 5.97. The van der Waals surface area contributed by atoms with Crippen LogP contribution in [0.3, 0.4) is 0 Å². The molecule has 2 atom stereocenters. The molecule has 14 heavy (non-hydrogen) atoms. The van der Waals surface area contributed by atoms with Crippen LogP contribution < -0.4 is 5.32 Å². The lowest BCUT2D eigenvalue weighted by Gasteiger charge is -2.17. The van der Waals surface area contributed by atoms with Crippen molar-refractivity contribution < 1.29 is 4.79 Å². The van der Waals surface area contributed by atoms with Crippen molar-refractivity contribution in [1.29, 1.82) is 0 Å². The molecule has 0 amide bonds. The van der Waals surface area contributed by atoms with E-state index in [2.05, 4.69) is 18.3 Å². The zero-order valence-electron chi connectivity index (χ0n) is 8.88. The summed E-state index contributed by atoms with van der Waals surface area (Å²) in [4.78, 5) is 12.1. The van der Waals surface area contributed by atoms with Gasteiger partial charge in [0.2, 0.25) is 0 Å². The molecular weight excluding hydrogens is 174 g/mol. The number of hydrogen-bond donors (Lipinski definition) is 1. The van der Waals surface area contributed by atoms with Crippen molar-refractivity contribution >= 4 is 5.78 Å². The van der Waals surface area contributed by atoms with Crippen LogP contribution in [-0.4, -0.2) is 18.9 Å². The number of nitrogens with one attached hydrogen (secondary N) is 1. The second-order valence-electron chi connectivity index (χ2n) is 4.58. The molecule has 0 aromatic carbocycles. The van der Waals surface area contributed by atoms with E-state index in [1.165, 1.54) is 12.8 Å². The Bertz CT molecular complexity index is 257. The number of hydrogen-bond acceptors (Lipinski definition) is 2.